The molecule has 0 amide bonds. The van der Waals surface area contributed by atoms with E-state index in [1.54, 1.807) is 6.07 Å². The van der Waals surface area contributed by atoms with Gasteiger partial charge in [0, 0.05) is 5.56 Å². The number of aryl methyl sites for hydroxylation is 1. The minimum atomic E-state index is -0.443. The Morgan fingerprint density at radius 2 is 1.86 bits per heavy atom. The van der Waals surface area contributed by atoms with Crippen molar-refractivity contribution in [3.05, 3.63) is 58.9 Å². The molecule has 0 bridgehead atoms. The Labute approximate surface area is 122 Å². The van der Waals surface area contributed by atoms with Crippen molar-refractivity contribution in [2.75, 3.05) is 13.2 Å². The molecule has 5 heteroatoms. The summed E-state index contributed by atoms with van der Waals surface area (Å²) < 4.78 is 25.2. The first kappa shape index (κ1) is 13.9. The van der Waals surface area contributed by atoms with E-state index >= 15 is 0 Å². The van der Waals surface area contributed by atoms with Crippen LogP contribution in [-0.2, 0) is 0 Å². The summed E-state index contributed by atoms with van der Waals surface area (Å²) >= 11 is 0. The summed E-state index contributed by atoms with van der Waals surface area (Å²) in [6.45, 7) is 2.90. The highest BCUT2D eigenvalue weighted by Gasteiger charge is 2.20. The van der Waals surface area contributed by atoms with Crippen LogP contribution in [0.2, 0.25) is 0 Å². The first-order chi connectivity index (χ1) is 10.2. The summed E-state index contributed by atoms with van der Waals surface area (Å²) in [6, 6.07) is 10.2. The zero-order valence-corrected chi connectivity index (χ0v) is 11.7. The Hall–Kier alpha value is -2.11. The fraction of sp³-hybridized carbons (Fsp3) is 0.250. The quantitative estimate of drug-likeness (QED) is 0.673. The molecule has 3 N–H and O–H groups in total. The molecular weight excluding hydrogens is 271 g/mol. The molecule has 2 aromatic rings. The van der Waals surface area contributed by atoms with Crippen molar-refractivity contribution < 1.29 is 13.9 Å². The molecule has 0 spiro atoms. The van der Waals surface area contributed by atoms with Gasteiger partial charge >= 0.3 is 0 Å². The Morgan fingerprint density at radius 1 is 1.10 bits per heavy atom. The van der Waals surface area contributed by atoms with E-state index in [2.05, 4.69) is 5.43 Å². The van der Waals surface area contributed by atoms with Crippen LogP contribution in [0, 0.1) is 12.7 Å². The summed E-state index contributed by atoms with van der Waals surface area (Å²) in [5.74, 6) is 6.70. The lowest BCUT2D eigenvalue weighted by molar-refractivity contribution is 0.171. The van der Waals surface area contributed by atoms with Crippen LogP contribution in [0.1, 0.15) is 22.7 Å². The number of hydrogen-bond donors (Lipinski definition) is 2. The second-order valence-corrected chi connectivity index (χ2v) is 5.03. The molecule has 21 heavy (non-hydrogen) atoms. The first-order valence-corrected chi connectivity index (χ1v) is 6.81. The third-order valence-electron chi connectivity index (χ3n) is 3.53. The highest BCUT2D eigenvalue weighted by molar-refractivity contribution is 5.46. The van der Waals surface area contributed by atoms with Gasteiger partial charge in [-0.15, -0.1) is 0 Å². The Kier molecular flexibility index (Phi) is 3.77. The number of hydrazine groups is 1. The van der Waals surface area contributed by atoms with E-state index in [0.29, 0.717) is 30.3 Å². The number of rotatable bonds is 3. The molecule has 0 aliphatic carbocycles. The maximum Gasteiger partial charge on any atom is 0.161 e. The highest BCUT2D eigenvalue weighted by atomic mass is 19.1. The van der Waals surface area contributed by atoms with Gasteiger partial charge in [-0.1, -0.05) is 18.2 Å². The zero-order chi connectivity index (χ0) is 14.8. The van der Waals surface area contributed by atoms with Gasteiger partial charge in [0.1, 0.15) is 19.0 Å². The van der Waals surface area contributed by atoms with Gasteiger partial charge in [-0.3, -0.25) is 5.84 Å². The molecule has 3 rings (SSSR count). The number of benzene rings is 2. The van der Waals surface area contributed by atoms with Gasteiger partial charge < -0.3 is 9.47 Å². The third-order valence-corrected chi connectivity index (χ3v) is 3.53. The average molecular weight is 288 g/mol. The van der Waals surface area contributed by atoms with Gasteiger partial charge in [-0.25, -0.2) is 9.82 Å². The van der Waals surface area contributed by atoms with Crippen LogP contribution in [-0.4, -0.2) is 13.2 Å². The minimum absolute atomic E-state index is 0.284. The SMILES string of the molecule is Cc1ccc(C(NN)c2ccc3c(c2)OCCO3)c(F)c1. The minimum Gasteiger partial charge on any atom is -0.486 e. The second kappa shape index (κ2) is 5.71. The predicted octanol–water partition coefficient (Wildman–Crippen LogP) is 2.46. The smallest absolute Gasteiger partial charge is 0.161 e. The van der Waals surface area contributed by atoms with Crippen LogP contribution in [0.5, 0.6) is 11.5 Å². The Balaban J connectivity index is 1.99. The zero-order valence-electron chi connectivity index (χ0n) is 11.7. The van der Waals surface area contributed by atoms with Gasteiger partial charge in [0.2, 0.25) is 0 Å². The van der Waals surface area contributed by atoms with Crippen LogP contribution in [0.25, 0.3) is 0 Å². The average Bonchev–Trinajstić information content (AvgIpc) is 2.50. The van der Waals surface area contributed by atoms with Crippen LogP contribution >= 0.6 is 0 Å². The Bertz CT molecular complexity index is 661. The molecule has 1 aliphatic heterocycles. The summed E-state index contributed by atoms with van der Waals surface area (Å²) in [4.78, 5) is 0. The molecule has 0 saturated carbocycles. The summed E-state index contributed by atoms with van der Waals surface area (Å²) in [5, 5.41) is 0. The molecule has 1 heterocycles. The maximum absolute atomic E-state index is 14.2. The van der Waals surface area contributed by atoms with Crippen molar-refractivity contribution in [1.82, 2.24) is 5.43 Å². The molecule has 1 aliphatic rings. The van der Waals surface area contributed by atoms with E-state index in [1.165, 1.54) is 6.07 Å². The van der Waals surface area contributed by atoms with Gasteiger partial charge in [0.15, 0.2) is 11.5 Å². The fourth-order valence-electron chi connectivity index (χ4n) is 2.47. The topological polar surface area (TPSA) is 56.5 Å². The normalized spacial score (nSPS) is 14.8. The van der Waals surface area contributed by atoms with Crippen LogP contribution in [0.3, 0.4) is 0 Å². The molecule has 1 unspecified atom stereocenters. The second-order valence-electron chi connectivity index (χ2n) is 5.03. The van der Waals surface area contributed by atoms with Gasteiger partial charge in [-0.2, -0.15) is 0 Å². The lowest BCUT2D eigenvalue weighted by Crippen LogP contribution is -2.29. The number of hydrogen-bond acceptors (Lipinski definition) is 4. The van der Waals surface area contributed by atoms with E-state index < -0.39 is 6.04 Å². The lowest BCUT2D eigenvalue weighted by atomic mass is 9.97. The van der Waals surface area contributed by atoms with E-state index in [4.69, 9.17) is 15.3 Å². The Morgan fingerprint density at radius 3 is 2.57 bits per heavy atom. The molecule has 0 radical (unpaired) electrons. The van der Waals surface area contributed by atoms with Crippen molar-refractivity contribution >= 4 is 0 Å². The fourth-order valence-corrected chi connectivity index (χ4v) is 2.47. The van der Waals surface area contributed by atoms with E-state index in [0.717, 1.165) is 11.1 Å². The van der Waals surface area contributed by atoms with Crippen molar-refractivity contribution in [1.29, 1.82) is 0 Å². The van der Waals surface area contributed by atoms with Gasteiger partial charge in [0.25, 0.3) is 0 Å². The molecule has 110 valence electrons. The van der Waals surface area contributed by atoms with E-state index in [-0.39, 0.29) is 5.82 Å². The number of halogens is 1. The first-order valence-electron chi connectivity index (χ1n) is 6.81. The molecule has 1 atom stereocenters. The van der Waals surface area contributed by atoms with Crippen LogP contribution in [0.4, 0.5) is 4.39 Å². The van der Waals surface area contributed by atoms with Crippen molar-refractivity contribution in [3.8, 4) is 11.5 Å². The largest absolute Gasteiger partial charge is 0.486 e. The molecule has 0 saturated heterocycles. The highest BCUT2D eigenvalue weighted by Crippen LogP contribution is 2.34. The van der Waals surface area contributed by atoms with Gasteiger partial charge in [0.05, 0.1) is 6.04 Å². The number of nitrogens with one attached hydrogen (secondary N) is 1. The van der Waals surface area contributed by atoms with Crippen molar-refractivity contribution in [3.63, 3.8) is 0 Å². The summed E-state index contributed by atoms with van der Waals surface area (Å²) in [5.41, 5.74) is 4.86. The standard InChI is InChI=1S/C16H17FN2O2/c1-10-2-4-12(13(17)8-10)16(19-18)11-3-5-14-15(9-11)21-7-6-20-14/h2-5,8-9,16,19H,6-7,18H2,1H3. The monoisotopic (exact) mass is 288 g/mol. The van der Waals surface area contributed by atoms with Crippen LogP contribution in [0.15, 0.2) is 36.4 Å². The summed E-state index contributed by atoms with van der Waals surface area (Å²) in [6.07, 6.45) is 0. The maximum atomic E-state index is 14.2. The van der Waals surface area contributed by atoms with E-state index in [9.17, 15) is 4.39 Å². The van der Waals surface area contributed by atoms with Crippen LogP contribution < -0.4 is 20.7 Å². The number of nitrogens with two attached hydrogens (primary N) is 1. The molecule has 4 nitrogen and oxygen atoms in total. The van der Waals surface area contributed by atoms with E-state index in [1.807, 2.05) is 31.2 Å². The van der Waals surface area contributed by atoms with Crippen molar-refractivity contribution in [2.45, 2.75) is 13.0 Å². The number of ether oxygens (including phenoxy) is 2. The third kappa shape index (κ3) is 2.70. The molecule has 2 aromatic carbocycles. The predicted molar refractivity (Wildman–Crippen MR) is 77.7 cm³/mol. The molecule has 0 fully saturated rings. The van der Waals surface area contributed by atoms with Crippen molar-refractivity contribution in [2.24, 2.45) is 5.84 Å². The molecular formula is C16H17FN2O2. The van der Waals surface area contributed by atoms with Gasteiger partial charge in [-0.05, 0) is 36.2 Å². The summed E-state index contributed by atoms with van der Waals surface area (Å²) in [7, 11) is 0. The molecule has 0 aromatic heterocycles. The number of fused-ring (bicyclic) bond motifs is 1. The lowest BCUT2D eigenvalue weighted by Gasteiger charge is -2.22.